The molecule has 0 spiro atoms. The highest BCUT2D eigenvalue weighted by atomic mass is 32.1. The van der Waals surface area contributed by atoms with Gasteiger partial charge in [0.2, 0.25) is 0 Å². The van der Waals surface area contributed by atoms with E-state index in [1.54, 1.807) is 18.3 Å². The monoisotopic (exact) mass is 319 g/mol. The van der Waals surface area contributed by atoms with Crippen LogP contribution in [-0.4, -0.2) is 34.9 Å². The summed E-state index contributed by atoms with van der Waals surface area (Å²) in [7, 11) is 0. The standard InChI is InChI=1S/C16H18FN3OS/c17-12-5-3-11(4-6-12)8-15-19-10-14(22-15)16(21)20-7-1-2-13(20)9-18/h3-6,10,13H,1-2,7-9,18H2/t13-/m0/s1. The van der Waals surface area contributed by atoms with Crippen molar-refractivity contribution in [3.63, 3.8) is 0 Å². The summed E-state index contributed by atoms with van der Waals surface area (Å²) in [5, 5.41) is 0.860. The molecule has 0 radical (unpaired) electrons. The smallest absolute Gasteiger partial charge is 0.265 e. The van der Waals surface area contributed by atoms with Crippen LogP contribution in [0.25, 0.3) is 0 Å². The molecule has 3 rings (SSSR count). The molecule has 116 valence electrons. The first kappa shape index (κ1) is 15.1. The topological polar surface area (TPSA) is 59.2 Å². The van der Waals surface area contributed by atoms with Gasteiger partial charge in [-0.3, -0.25) is 4.79 Å². The van der Waals surface area contributed by atoms with Crippen LogP contribution in [0.5, 0.6) is 0 Å². The zero-order valence-corrected chi connectivity index (χ0v) is 13.0. The molecule has 4 nitrogen and oxygen atoms in total. The van der Waals surface area contributed by atoms with Gasteiger partial charge in [0.1, 0.15) is 10.7 Å². The number of likely N-dealkylation sites (tertiary alicyclic amines) is 1. The fourth-order valence-electron chi connectivity index (χ4n) is 2.76. The normalized spacial score (nSPS) is 17.9. The number of benzene rings is 1. The zero-order chi connectivity index (χ0) is 15.5. The molecule has 1 fully saturated rings. The second-order valence-corrected chi connectivity index (χ2v) is 6.57. The lowest BCUT2D eigenvalue weighted by molar-refractivity contribution is 0.0746. The van der Waals surface area contributed by atoms with Crippen molar-refractivity contribution < 1.29 is 9.18 Å². The number of nitrogens with two attached hydrogens (primary N) is 1. The number of hydrogen-bond acceptors (Lipinski definition) is 4. The summed E-state index contributed by atoms with van der Waals surface area (Å²) in [5.41, 5.74) is 6.71. The van der Waals surface area contributed by atoms with Crippen molar-refractivity contribution >= 4 is 17.2 Å². The highest BCUT2D eigenvalue weighted by Crippen LogP contribution is 2.23. The molecule has 2 aromatic rings. The second kappa shape index (κ2) is 6.54. The summed E-state index contributed by atoms with van der Waals surface area (Å²) >= 11 is 1.40. The van der Waals surface area contributed by atoms with Gasteiger partial charge in [-0.05, 0) is 30.5 Å². The fourth-order valence-corrected chi connectivity index (χ4v) is 3.67. The molecule has 0 saturated carbocycles. The summed E-state index contributed by atoms with van der Waals surface area (Å²) in [5.74, 6) is -0.226. The van der Waals surface area contributed by atoms with Gasteiger partial charge in [-0.2, -0.15) is 0 Å². The highest BCUT2D eigenvalue weighted by Gasteiger charge is 2.29. The number of rotatable bonds is 4. The number of aromatic nitrogens is 1. The van der Waals surface area contributed by atoms with Crippen LogP contribution < -0.4 is 5.73 Å². The number of thiazole rings is 1. The van der Waals surface area contributed by atoms with Gasteiger partial charge in [0, 0.05) is 25.6 Å². The maximum atomic E-state index is 12.9. The van der Waals surface area contributed by atoms with Crippen LogP contribution in [0.15, 0.2) is 30.5 Å². The average Bonchev–Trinajstić information content (AvgIpc) is 3.17. The van der Waals surface area contributed by atoms with E-state index in [1.807, 2.05) is 4.90 Å². The van der Waals surface area contributed by atoms with Crippen LogP contribution in [0.2, 0.25) is 0 Å². The minimum absolute atomic E-state index is 0.0239. The van der Waals surface area contributed by atoms with E-state index in [-0.39, 0.29) is 17.8 Å². The van der Waals surface area contributed by atoms with Gasteiger partial charge in [-0.1, -0.05) is 12.1 Å². The molecule has 1 aliphatic heterocycles. The van der Waals surface area contributed by atoms with Crippen LogP contribution in [0, 0.1) is 5.82 Å². The van der Waals surface area contributed by atoms with Gasteiger partial charge in [0.05, 0.1) is 11.2 Å². The Labute approximate surface area is 132 Å². The van der Waals surface area contributed by atoms with Gasteiger partial charge >= 0.3 is 0 Å². The lowest BCUT2D eigenvalue weighted by Gasteiger charge is -2.22. The van der Waals surface area contributed by atoms with E-state index in [9.17, 15) is 9.18 Å². The van der Waals surface area contributed by atoms with Crippen LogP contribution >= 0.6 is 11.3 Å². The summed E-state index contributed by atoms with van der Waals surface area (Å²) < 4.78 is 12.9. The van der Waals surface area contributed by atoms with Crippen molar-refractivity contribution in [3.8, 4) is 0 Å². The molecular weight excluding hydrogens is 301 g/mol. The Kier molecular flexibility index (Phi) is 4.49. The van der Waals surface area contributed by atoms with Gasteiger partial charge in [-0.15, -0.1) is 11.3 Å². The van der Waals surface area contributed by atoms with E-state index in [0.717, 1.165) is 30.0 Å². The number of carbonyl (C=O) groups is 1. The van der Waals surface area contributed by atoms with Gasteiger partial charge in [-0.25, -0.2) is 9.37 Å². The molecule has 0 unspecified atom stereocenters. The number of halogens is 1. The van der Waals surface area contributed by atoms with E-state index in [2.05, 4.69) is 4.98 Å². The summed E-state index contributed by atoms with van der Waals surface area (Å²) in [6, 6.07) is 6.50. The summed E-state index contributed by atoms with van der Waals surface area (Å²) in [4.78, 5) is 19.3. The van der Waals surface area contributed by atoms with Crippen molar-refractivity contribution in [1.82, 2.24) is 9.88 Å². The van der Waals surface area contributed by atoms with Crippen LogP contribution in [0.1, 0.15) is 33.1 Å². The predicted molar refractivity (Wildman–Crippen MR) is 84.4 cm³/mol. The van der Waals surface area contributed by atoms with Crippen LogP contribution in [-0.2, 0) is 6.42 Å². The van der Waals surface area contributed by atoms with Crippen LogP contribution in [0.3, 0.4) is 0 Å². The lowest BCUT2D eigenvalue weighted by Crippen LogP contribution is -2.39. The molecule has 1 atom stereocenters. The Morgan fingerprint density at radius 3 is 2.91 bits per heavy atom. The largest absolute Gasteiger partial charge is 0.334 e. The molecule has 0 aliphatic carbocycles. The maximum Gasteiger partial charge on any atom is 0.265 e. The second-order valence-electron chi connectivity index (χ2n) is 5.45. The Morgan fingerprint density at radius 2 is 2.18 bits per heavy atom. The van der Waals surface area contributed by atoms with E-state index in [1.165, 1.54) is 23.5 Å². The zero-order valence-electron chi connectivity index (χ0n) is 12.2. The van der Waals surface area contributed by atoms with Crippen molar-refractivity contribution in [2.45, 2.75) is 25.3 Å². The van der Waals surface area contributed by atoms with Gasteiger partial charge in [0.15, 0.2) is 0 Å². The number of nitrogens with zero attached hydrogens (tertiary/aromatic N) is 2. The van der Waals surface area contributed by atoms with Gasteiger partial charge < -0.3 is 10.6 Å². The first-order valence-electron chi connectivity index (χ1n) is 7.37. The highest BCUT2D eigenvalue weighted by molar-refractivity contribution is 7.13. The molecule has 2 heterocycles. The maximum absolute atomic E-state index is 12.9. The fraction of sp³-hybridized carbons (Fsp3) is 0.375. The molecule has 6 heteroatoms. The van der Waals surface area contributed by atoms with Crippen LogP contribution in [0.4, 0.5) is 4.39 Å². The van der Waals surface area contributed by atoms with E-state index in [4.69, 9.17) is 5.73 Å². The first-order chi connectivity index (χ1) is 10.7. The molecule has 2 N–H and O–H groups in total. The van der Waals surface area contributed by atoms with E-state index < -0.39 is 0 Å². The first-order valence-corrected chi connectivity index (χ1v) is 8.19. The molecule has 0 bridgehead atoms. The summed E-state index contributed by atoms with van der Waals surface area (Å²) in [6.07, 6.45) is 4.23. The van der Waals surface area contributed by atoms with Crippen molar-refractivity contribution in [2.75, 3.05) is 13.1 Å². The molecule has 1 amide bonds. The van der Waals surface area contributed by atoms with Crippen molar-refractivity contribution in [3.05, 3.63) is 51.7 Å². The third-order valence-electron chi connectivity index (χ3n) is 3.94. The Morgan fingerprint density at radius 1 is 1.41 bits per heavy atom. The van der Waals surface area contributed by atoms with Gasteiger partial charge in [0.25, 0.3) is 5.91 Å². The molecule has 1 saturated heterocycles. The third kappa shape index (κ3) is 3.18. The molecule has 1 aliphatic rings. The predicted octanol–water partition coefficient (Wildman–Crippen LogP) is 2.44. The Bertz CT molecular complexity index is 656. The quantitative estimate of drug-likeness (QED) is 0.941. The Hall–Kier alpha value is -1.79. The SMILES string of the molecule is NC[C@@H]1CCCN1C(=O)c1cnc(Cc2ccc(F)cc2)s1. The number of amides is 1. The number of carbonyl (C=O) groups excluding carboxylic acids is 1. The minimum atomic E-state index is -0.249. The average molecular weight is 319 g/mol. The minimum Gasteiger partial charge on any atom is -0.334 e. The molecule has 1 aromatic heterocycles. The molecule has 22 heavy (non-hydrogen) atoms. The molecular formula is C16H18FN3OS. The summed E-state index contributed by atoms with van der Waals surface area (Å²) in [6.45, 7) is 1.28. The van der Waals surface area contributed by atoms with E-state index in [0.29, 0.717) is 17.8 Å². The Balaban J connectivity index is 1.70. The molecule has 1 aromatic carbocycles. The lowest BCUT2D eigenvalue weighted by atomic mass is 10.2. The third-order valence-corrected chi connectivity index (χ3v) is 4.93. The van der Waals surface area contributed by atoms with Crippen molar-refractivity contribution in [1.29, 1.82) is 0 Å². The van der Waals surface area contributed by atoms with E-state index >= 15 is 0 Å². The number of hydrogen-bond donors (Lipinski definition) is 1. The van der Waals surface area contributed by atoms with Crippen molar-refractivity contribution in [2.24, 2.45) is 5.73 Å².